The maximum absolute atomic E-state index is 13.9. The average molecular weight is 493 g/mol. The van der Waals surface area contributed by atoms with E-state index in [-0.39, 0.29) is 0 Å². The number of amides is 1. The molecule has 0 N–H and O–H groups in total. The van der Waals surface area contributed by atoms with Gasteiger partial charge in [-0.2, -0.15) is 0 Å². The van der Waals surface area contributed by atoms with Crippen LogP contribution in [0.25, 0.3) is 0 Å². The van der Waals surface area contributed by atoms with Gasteiger partial charge in [0, 0.05) is 0 Å². The second-order valence-corrected chi connectivity index (χ2v) is 13.2. The molecule has 0 aromatic heterocycles. The molecule has 0 atom stereocenters. The highest BCUT2D eigenvalue weighted by molar-refractivity contribution is 7.94. The third-order valence-corrected chi connectivity index (χ3v) is 8.76. The van der Waals surface area contributed by atoms with Crippen molar-refractivity contribution in [2.24, 2.45) is 5.10 Å². The van der Waals surface area contributed by atoms with Crippen LogP contribution in [0.4, 0.5) is 4.79 Å². The van der Waals surface area contributed by atoms with Crippen LogP contribution in [0.1, 0.15) is 41.5 Å². The predicted octanol–water partition coefficient (Wildman–Crippen LogP) is 5.65. The van der Waals surface area contributed by atoms with Gasteiger partial charge in [-0.3, -0.25) is 0 Å². The normalized spacial score (nSPS) is 12.7. The molecule has 3 aromatic carbocycles. The molecule has 0 unspecified atom stereocenters. The van der Waals surface area contributed by atoms with E-state index in [0.717, 1.165) is 15.9 Å². The van der Waals surface area contributed by atoms with Gasteiger partial charge in [0.2, 0.25) is 7.41 Å². The van der Waals surface area contributed by atoms with Crippen LogP contribution >= 0.6 is 7.41 Å². The Labute approximate surface area is 208 Å². The van der Waals surface area contributed by atoms with Crippen LogP contribution < -0.4 is 15.9 Å². The number of hydrazone groups is 1. The van der Waals surface area contributed by atoms with Crippen molar-refractivity contribution in [3.05, 3.63) is 91.0 Å². The lowest BCUT2D eigenvalue weighted by Gasteiger charge is -2.33. The molecule has 3 aromatic rings. The lowest BCUT2D eigenvalue weighted by Crippen LogP contribution is -2.46. The summed E-state index contributed by atoms with van der Waals surface area (Å²) in [5, 5.41) is 19.9. The largest absolute Gasteiger partial charge is 0.465 e. The van der Waals surface area contributed by atoms with Crippen molar-refractivity contribution in [3.8, 4) is 0 Å². The Morgan fingerprint density at radius 2 is 1.00 bits per heavy atom. The molecule has 0 saturated heterocycles. The zero-order valence-corrected chi connectivity index (χ0v) is 22.0. The van der Waals surface area contributed by atoms with Crippen molar-refractivity contribution >= 4 is 35.5 Å². The third-order valence-electron chi connectivity index (χ3n) is 4.80. The van der Waals surface area contributed by atoms with E-state index in [1.807, 2.05) is 91.0 Å². The quantitative estimate of drug-likeness (QED) is 0.200. The predicted molar refractivity (Wildman–Crippen MR) is 142 cm³/mol. The first kappa shape index (κ1) is 26.2. The monoisotopic (exact) mass is 492 g/mol. The maximum atomic E-state index is 13.9. The fourth-order valence-corrected chi connectivity index (χ4v) is 7.45. The number of nitrogens with zero attached hydrogens (tertiary/aromatic N) is 2. The van der Waals surface area contributed by atoms with Crippen molar-refractivity contribution in [3.63, 3.8) is 0 Å². The van der Waals surface area contributed by atoms with Crippen LogP contribution in [0.15, 0.2) is 96.1 Å². The zero-order chi connectivity index (χ0) is 25.7. The molecule has 0 spiro atoms. The number of carbonyl (C=O) groups is 1. The van der Waals surface area contributed by atoms with Crippen molar-refractivity contribution in [2.75, 3.05) is 0 Å². The van der Waals surface area contributed by atoms with E-state index in [0.29, 0.717) is 0 Å². The third kappa shape index (κ3) is 6.40. The molecule has 0 aliphatic rings. The number of carbonyl (C=O) groups excluding carboxylic acids is 1. The highest BCUT2D eigenvalue weighted by Gasteiger charge is 2.57. The van der Waals surface area contributed by atoms with Gasteiger partial charge in [-0.05, 0) is 82.7 Å². The molecule has 0 aliphatic carbocycles. The maximum Gasteiger partial charge on any atom is 0.465 e. The van der Waals surface area contributed by atoms with Gasteiger partial charge in [0.05, 0.1) is 0 Å². The van der Waals surface area contributed by atoms with E-state index in [2.05, 4.69) is 5.10 Å². The number of hydrogen-bond acceptors (Lipinski definition) is 4. The Morgan fingerprint density at radius 1 is 0.657 bits per heavy atom. The minimum Gasteiger partial charge on any atom is -0.441 e. The van der Waals surface area contributed by atoms with E-state index in [9.17, 15) is 9.90 Å². The SMILES string of the molecule is CC(C)(C)OC(=O)N(N=C([O])OC(C)(C)C)[P+](c1ccccc1)(c1ccccc1)c1ccccc1. The Kier molecular flexibility index (Phi) is 7.86. The summed E-state index contributed by atoms with van der Waals surface area (Å²) in [7, 11) is -3.03. The Morgan fingerprint density at radius 3 is 1.31 bits per heavy atom. The first-order valence-corrected chi connectivity index (χ1v) is 13.2. The Bertz CT molecular complexity index is 1040. The van der Waals surface area contributed by atoms with Crippen LogP contribution in [0.2, 0.25) is 0 Å². The van der Waals surface area contributed by atoms with Crippen LogP contribution in [0.3, 0.4) is 0 Å². The molecule has 183 valence electrons. The summed E-state index contributed by atoms with van der Waals surface area (Å²) in [6.45, 7) is 10.6. The van der Waals surface area contributed by atoms with E-state index in [1.165, 1.54) is 4.78 Å². The molecule has 0 heterocycles. The lowest BCUT2D eigenvalue weighted by atomic mass is 10.2. The summed E-state index contributed by atoms with van der Waals surface area (Å²) in [6, 6.07) is 28.9. The number of rotatable bonds is 5. The summed E-state index contributed by atoms with van der Waals surface area (Å²) >= 11 is 0. The first-order chi connectivity index (χ1) is 16.4. The molecule has 6 nitrogen and oxygen atoms in total. The van der Waals surface area contributed by atoms with Crippen LogP contribution in [0.5, 0.6) is 0 Å². The van der Waals surface area contributed by atoms with E-state index in [1.54, 1.807) is 41.5 Å². The minimum atomic E-state index is -3.03. The van der Waals surface area contributed by atoms with Gasteiger partial charge in [-0.25, -0.2) is 9.90 Å². The Hall–Kier alpha value is -3.37. The number of ether oxygens (including phenoxy) is 2. The summed E-state index contributed by atoms with van der Waals surface area (Å²) in [5.41, 5.74) is -1.59. The molecular weight excluding hydrogens is 459 g/mol. The topological polar surface area (TPSA) is 71.0 Å². The molecule has 1 amide bonds. The van der Waals surface area contributed by atoms with Crippen LogP contribution in [-0.2, 0) is 14.6 Å². The highest BCUT2D eigenvalue weighted by Crippen LogP contribution is 2.59. The smallest absolute Gasteiger partial charge is 0.441 e. The summed E-state index contributed by atoms with van der Waals surface area (Å²) in [4.78, 5) is 13.9. The van der Waals surface area contributed by atoms with Crippen molar-refractivity contribution in [1.29, 1.82) is 0 Å². The van der Waals surface area contributed by atoms with E-state index >= 15 is 0 Å². The molecule has 0 fully saturated rings. The van der Waals surface area contributed by atoms with Gasteiger partial charge < -0.3 is 9.47 Å². The second-order valence-electron chi connectivity index (χ2n) is 9.99. The average Bonchev–Trinajstić information content (AvgIpc) is 2.79. The second kappa shape index (κ2) is 10.5. The molecule has 0 bridgehead atoms. The van der Waals surface area contributed by atoms with Gasteiger partial charge >= 0.3 is 12.2 Å². The highest BCUT2D eigenvalue weighted by atomic mass is 31.2. The van der Waals surface area contributed by atoms with Crippen LogP contribution in [0, 0.1) is 0 Å². The van der Waals surface area contributed by atoms with Gasteiger partial charge in [0.15, 0.2) is 0 Å². The van der Waals surface area contributed by atoms with Crippen molar-refractivity contribution < 1.29 is 19.4 Å². The molecule has 1 radical (unpaired) electrons. The van der Waals surface area contributed by atoms with Crippen LogP contribution in [-0.4, -0.2) is 28.2 Å². The first-order valence-electron chi connectivity index (χ1n) is 11.5. The molecule has 7 heteroatoms. The van der Waals surface area contributed by atoms with E-state index in [4.69, 9.17) is 9.47 Å². The molecule has 0 aliphatic heterocycles. The lowest BCUT2D eigenvalue weighted by molar-refractivity contribution is 0.0337. The van der Waals surface area contributed by atoms with Crippen molar-refractivity contribution in [1.82, 2.24) is 4.78 Å². The van der Waals surface area contributed by atoms with Gasteiger partial charge in [-0.1, -0.05) is 59.7 Å². The van der Waals surface area contributed by atoms with Gasteiger partial charge in [0.25, 0.3) is 0 Å². The minimum absolute atomic E-state index is 0.728. The summed E-state index contributed by atoms with van der Waals surface area (Å²) in [5.74, 6) is 0. The zero-order valence-electron chi connectivity index (χ0n) is 21.1. The molecule has 35 heavy (non-hydrogen) atoms. The number of benzene rings is 3. The van der Waals surface area contributed by atoms with E-state index < -0.39 is 30.8 Å². The molecule has 3 rings (SSSR count). The summed E-state index contributed by atoms with van der Waals surface area (Å²) < 4.78 is 12.6. The fourth-order valence-electron chi connectivity index (χ4n) is 3.60. The van der Waals surface area contributed by atoms with Gasteiger partial charge in [-0.15, -0.1) is 0 Å². The number of hydrogen-bond donors (Lipinski definition) is 0. The van der Waals surface area contributed by atoms with Crippen molar-refractivity contribution in [2.45, 2.75) is 52.7 Å². The fraction of sp³-hybridized carbons (Fsp3) is 0.286. The molecule has 0 saturated carbocycles. The summed E-state index contributed by atoms with van der Waals surface area (Å²) in [6.07, 6.45) is -1.59. The van der Waals surface area contributed by atoms with Gasteiger partial charge in [0.1, 0.15) is 27.1 Å². The Balaban J connectivity index is 2.42. The molecular formula is C28H33N2O4P+. The standard InChI is InChI=1S/C28H33N2O4P/c1-27(2,3)33-25(31)29-30(26(32)34-28(4,5)6)35(22-16-10-7-11-17-22,23-18-12-8-13-19-23)24-20-14-9-15-21-24/h7-21H,1-6H3/q+1.